The highest BCUT2D eigenvalue weighted by molar-refractivity contribution is 7.81. The van der Waals surface area contributed by atoms with E-state index in [0.29, 0.717) is 11.1 Å². The summed E-state index contributed by atoms with van der Waals surface area (Å²) in [6.45, 7) is 8.19. The van der Waals surface area contributed by atoms with Gasteiger partial charge in [0.25, 0.3) is 0 Å². The second-order valence-corrected chi connectivity index (χ2v) is 8.56. The number of hydrogen-bond donors (Lipinski definition) is 1. The van der Waals surface area contributed by atoms with Crippen LogP contribution in [-0.4, -0.2) is 18.6 Å². The Morgan fingerprint density at radius 2 is 1.52 bits per heavy atom. The Kier molecular flexibility index (Phi) is 6.71. The van der Waals surface area contributed by atoms with Gasteiger partial charge in [0.2, 0.25) is 5.52 Å². The van der Waals surface area contributed by atoms with Gasteiger partial charge < -0.3 is 14.8 Å². The van der Waals surface area contributed by atoms with E-state index < -0.39 is 12.9 Å². The molecule has 0 aromatic heterocycles. The summed E-state index contributed by atoms with van der Waals surface area (Å²) in [5, 5.41) is 2.42. The maximum atomic E-state index is 12.4. The Morgan fingerprint density at radius 3 is 1.96 bits per heavy atom. The largest absolute Gasteiger partial charge is 0.790 e. The molecule has 3 rings (SSSR count). The Balaban J connectivity index is 0.000000386. The van der Waals surface area contributed by atoms with Crippen molar-refractivity contribution in [3.05, 3.63) is 64.7 Å². The summed E-state index contributed by atoms with van der Waals surface area (Å²) in [4.78, 5) is 24.8. The van der Waals surface area contributed by atoms with Crippen LogP contribution in [0.3, 0.4) is 0 Å². The topological polar surface area (TPSA) is 73.8 Å². The van der Waals surface area contributed by atoms with Crippen molar-refractivity contribution in [2.45, 2.75) is 33.6 Å². The van der Waals surface area contributed by atoms with E-state index in [9.17, 15) is 14.3 Å². The molecule has 1 saturated heterocycles. The van der Waals surface area contributed by atoms with Crippen LogP contribution < -0.4 is 15.5 Å². The van der Waals surface area contributed by atoms with E-state index in [2.05, 4.69) is 5.32 Å². The number of nitrogens with two attached hydrogens (primary N) is 1. The Morgan fingerprint density at radius 1 is 1.00 bits per heavy atom. The average molecular weight is 359 g/mol. The molecule has 1 aliphatic heterocycles. The monoisotopic (exact) mass is 359 g/mol. The summed E-state index contributed by atoms with van der Waals surface area (Å²) in [5.41, 5.74) is 1.88. The minimum absolute atomic E-state index is 0.0596. The highest BCUT2D eigenvalue weighted by Crippen LogP contribution is 2.40. The second kappa shape index (κ2) is 8.57. The van der Waals surface area contributed by atoms with Crippen molar-refractivity contribution >= 4 is 18.2 Å². The molecule has 2 aromatic rings. The van der Waals surface area contributed by atoms with Crippen molar-refractivity contribution in [2.24, 2.45) is 0 Å². The first-order chi connectivity index (χ1) is 11.8. The molecular weight excluding hydrogens is 333 g/mol. The van der Waals surface area contributed by atoms with Crippen LogP contribution in [0.25, 0.3) is 0 Å². The molecule has 4 nitrogen and oxygen atoms in total. The van der Waals surface area contributed by atoms with Crippen molar-refractivity contribution in [1.82, 2.24) is 0 Å². The van der Waals surface area contributed by atoms with E-state index in [1.807, 2.05) is 19.1 Å². The lowest BCUT2D eigenvalue weighted by Gasteiger charge is -2.24. The summed E-state index contributed by atoms with van der Waals surface area (Å²) >= 11 is 0. The van der Waals surface area contributed by atoms with Crippen molar-refractivity contribution in [3.63, 3.8) is 0 Å². The Bertz CT molecular complexity index is 752. The zero-order valence-corrected chi connectivity index (χ0v) is 16.0. The van der Waals surface area contributed by atoms with Crippen molar-refractivity contribution < 1.29 is 19.6 Å². The van der Waals surface area contributed by atoms with Crippen LogP contribution >= 0.6 is 7.37 Å². The molecular formula is C20H26NO3P. The molecule has 5 heteroatoms. The molecule has 0 saturated carbocycles. The van der Waals surface area contributed by atoms with Gasteiger partial charge in [-0.2, -0.15) is 0 Å². The van der Waals surface area contributed by atoms with Crippen LogP contribution in [0.5, 0.6) is 0 Å². The van der Waals surface area contributed by atoms with E-state index in [0.717, 1.165) is 5.56 Å². The van der Waals surface area contributed by atoms with E-state index in [-0.39, 0.29) is 10.9 Å². The standard InChI is InChI=1S/C16H17O3P.C4H9N/c1-11-9-12(2)15(13(3)10-11)16(17)20(18,19)14-7-5-4-6-8-14;1-2-4-5-3-1/h4-10H,1-3H3,(H,18,19);5H,1-4H2. The molecule has 1 fully saturated rings. The molecule has 0 aliphatic carbocycles. The SMILES string of the molecule is C1CC[NH2+]C1.Cc1cc(C)c(C(=O)P(=O)([O-])c2ccccc2)c(C)c1. The van der Waals surface area contributed by atoms with Crippen LogP contribution in [0.4, 0.5) is 0 Å². The summed E-state index contributed by atoms with van der Waals surface area (Å²) in [6, 6.07) is 11.5. The quantitative estimate of drug-likeness (QED) is 0.853. The maximum absolute atomic E-state index is 12.4. The predicted octanol–water partition coefficient (Wildman–Crippen LogP) is 2.06. The van der Waals surface area contributed by atoms with Gasteiger partial charge in [-0.05, 0) is 31.9 Å². The normalized spacial score (nSPS) is 15.8. The molecule has 134 valence electrons. The smallest absolute Gasteiger partial charge is 0.212 e. The second-order valence-electron chi connectivity index (χ2n) is 6.54. The minimum atomic E-state index is -4.32. The van der Waals surface area contributed by atoms with Gasteiger partial charge >= 0.3 is 0 Å². The van der Waals surface area contributed by atoms with E-state index in [1.165, 1.54) is 38.1 Å². The van der Waals surface area contributed by atoms with Crippen LogP contribution in [0, 0.1) is 20.8 Å². The molecule has 2 N–H and O–H groups in total. The predicted molar refractivity (Wildman–Crippen MR) is 99.6 cm³/mol. The maximum Gasteiger partial charge on any atom is 0.212 e. The van der Waals surface area contributed by atoms with Crippen LogP contribution in [0.15, 0.2) is 42.5 Å². The molecule has 0 radical (unpaired) electrons. The van der Waals surface area contributed by atoms with Crippen molar-refractivity contribution in [3.8, 4) is 0 Å². The lowest BCUT2D eigenvalue weighted by Crippen LogP contribution is -2.80. The van der Waals surface area contributed by atoms with Gasteiger partial charge in [-0.3, -0.25) is 4.79 Å². The number of carbonyl (C=O) groups is 1. The van der Waals surface area contributed by atoms with Gasteiger partial charge in [0, 0.05) is 23.7 Å². The highest BCUT2D eigenvalue weighted by atomic mass is 31.2. The molecule has 0 bridgehead atoms. The number of quaternary nitrogens is 1. The third-order valence-corrected chi connectivity index (χ3v) is 6.06. The zero-order chi connectivity index (χ0) is 18.4. The first-order valence-corrected chi connectivity index (χ1v) is 10.3. The van der Waals surface area contributed by atoms with Crippen LogP contribution in [-0.2, 0) is 4.57 Å². The first-order valence-electron chi connectivity index (χ1n) is 8.65. The third kappa shape index (κ3) is 4.88. The number of carbonyl (C=O) groups excluding carboxylic acids is 1. The van der Waals surface area contributed by atoms with Gasteiger partial charge in [-0.15, -0.1) is 0 Å². The molecule has 1 atom stereocenters. The fourth-order valence-corrected chi connectivity index (χ4v) is 4.57. The Hall–Kier alpha value is -1.74. The fourth-order valence-electron chi connectivity index (χ4n) is 3.13. The summed E-state index contributed by atoms with van der Waals surface area (Å²) in [6.07, 6.45) is 2.89. The average Bonchev–Trinajstić information content (AvgIpc) is 3.14. The Labute approximate surface area is 149 Å². The van der Waals surface area contributed by atoms with E-state index >= 15 is 0 Å². The number of hydrogen-bond acceptors (Lipinski definition) is 3. The van der Waals surface area contributed by atoms with Crippen molar-refractivity contribution in [1.29, 1.82) is 0 Å². The number of aryl methyl sites for hydroxylation is 3. The minimum Gasteiger partial charge on any atom is -0.790 e. The highest BCUT2D eigenvalue weighted by Gasteiger charge is 2.25. The van der Waals surface area contributed by atoms with Gasteiger partial charge in [-0.1, -0.05) is 48.0 Å². The molecule has 1 heterocycles. The van der Waals surface area contributed by atoms with Crippen molar-refractivity contribution in [2.75, 3.05) is 13.1 Å². The lowest BCUT2D eigenvalue weighted by molar-refractivity contribution is -0.635. The van der Waals surface area contributed by atoms with Gasteiger partial charge in [-0.25, -0.2) is 0 Å². The summed E-state index contributed by atoms with van der Waals surface area (Å²) < 4.78 is 12.4. The molecule has 2 aromatic carbocycles. The third-order valence-electron chi connectivity index (χ3n) is 4.32. The number of rotatable bonds is 3. The molecule has 1 aliphatic rings. The fraction of sp³-hybridized carbons (Fsp3) is 0.350. The van der Waals surface area contributed by atoms with E-state index in [4.69, 9.17) is 0 Å². The van der Waals surface area contributed by atoms with Gasteiger partial charge in [0.05, 0.1) is 13.1 Å². The molecule has 0 amide bonds. The molecule has 1 unspecified atom stereocenters. The van der Waals surface area contributed by atoms with Gasteiger partial charge in [0.1, 0.15) is 7.37 Å². The molecule has 0 spiro atoms. The number of benzene rings is 2. The van der Waals surface area contributed by atoms with Crippen LogP contribution in [0.1, 0.15) is 39.9 Å². The van der Waals surface area contributed by atoms with Crippen LogP contribution in [0.2, 0.25) is 0 Å². The molecule has 25 heavy (non-hydrogen) atoms. The van der Waals surface area contributed by atoms with E-state index in [1.54, 1.807) is 32.0 Å². The lowest BCUT2D eigenvalue weighted by atomic mass is 10.0. The van der Waals surface area contributed by atoms with Gasteiger partial charge in [0.15, 0.2) is 0 Å². The zero-order valence-electron chi connectivity index (χ0n) is 15.1. The first kappa shape index (κ1) is 19.6. The summed E-state index contributed by atoms with van der Waals surface area (Å²) in [7, 11) is -4.32. The summed E-state index contributed by atoms with van der Waals surface area (Å²) in [5.74, 6) is 0.